The summed E-state index contributed by atoms with van der Waals surface area (Å²) in [6.45, 7) is 2.78. The number of para-hydroxylation sites is 1. The zero-order valence-electron chi connectivity index (χ0n) is 15.1. The standard InChI is InChI=1S/C20H24BrNO3S/c1-3-4-8-15-14-22(16-9-6-5-7-10-16)18-12-11-17(25-2)13-19(18)26(23,24)20(15)21/h5-7,9-13,15,20H,3-4,8,14H2,1-2H3. The van der Waals surface area contributed by atoms with Crippen LogP contribution in [0.1, 0.15) is 26.2 Å². The largest absolute Gasteiger partial charge is 0.497 e. The monoisotopic (exact) mass is 437 g/mol. The van der Waals surface area contributed by atoms with Crippen molar-refractivity contribution in [2.24, 2.45) is 5.92 Å². The van der Waals surface area contributed by atoms with Gasteiger partial charge in [-0.15, -0.1) is 0 Å². The Morgan fingerprint density at radius 3 is 2.58 bits per heavy atom. The number of ether oxygens (including phenoxy) is 1. The van der Waals surface area contributed by atoms with Crippen LogP contribution < -0.4 is 9.64 Å². The topological polar surface area (TPSA) is 46.6 Å². The zero-order chi connectivity index (χ0) is 18.7. The molecular formula is C20H24BrNO3S. The van der Waals surface area contributed by atoms with Crippen LogP contribution in [0.4, 0.5) is 11.4 Å². The lowest BCUT2D eigenvalue weighted by molar-refractivity contribution is 0.413. The average Bonchev–Trinajstić information content (AvgIpc) is 2.75. The van der Waals surface area contributed by atoms with Crippen molar-refractivity contribution in [1.29, 1.82) is 0 Å². The summed E-state index contributed by atoms with van der Waals surface area (Å²) in [5, 5.41) is 0. The third-order valence-corrected chi connectivity index (χ3v) is 8.99. The molecule has 4 nitrogen and oxygen atoms in total. The number of alkyl halides is 1. The van der Waals surface area contributed by atoms with E-state index >= 15 is 0 Å². The van der Waals surface area contributed by atoms with E-state index in [2.05, 4.69) is 27.8 Å². The third kappa shape index (κ3) is 3.62. The highest BCUT2D eigenvalue weighted by Crippen LogP contribution is 2.43. The number of benzene rings is 2. The number of hydrogen-bond donors (Lipinski definition) is 0. The first-order valence-electron chi connectivity index (χ1n) is 8.87. The van der Waals surface area contributed by atoms with Gasteiger partial charge >= 0.3 is 0 Å². The van der Waals surface area contributed by atoms with Gasteiger partial charge in [0.05, 0.1) is 17.7 Å². The van der Waals surface area contributed by atoms with Gasteiger partial charge in [0.25, 0.3) is 0 Å². The van der Waals surface area contributed by atoms with Gasteiger partial charge in [-0.1, -0.05) is 53.9 Å². The first-order chi connectivity index (χ1) is 12.5. The van der Waals surface area contributed by atoms with Crippen molar-refractivity contribution in [3.05, 3.63) is 48.5 Å². The molecule has 1 aliphatic rings. The van der Waals surface area contributed by atoms with E-state index in [1.165, 1.54) is 0 Å². The van der Waals surface area contributed by atoms with Gasteiger partial charge in [0.2, 0.25) is 0 Å². The van der Waals surface area contributed by atoms with Crippen LogP contribution >= 0.6 is 15.9 Å². The number of methoxy groups -OCH3 is 1. The van der Waals surface area contributed by atoms with Crippen LogP contribution in [0.5, 0.6) is 5.75 Å². The molecule has 0 N–H and O–H groups in total. The highest BCUT2D eigenvalue weighted by Gasteiger charge is 2.39. The van der Waals surface area contributed by atoms with E-state index in [1.807, 2.05) is 42.5 Å². The molecule has 0 aromatic heterocycles. The van der Waals surface area contributed by atoms with Gasteiger partial charge < -0.3 is 9.64 Å². The first-order valence-corrected chi connectivity index (χ1v) is 11.3. The molecule has 1 heterocycles. The Kier molecular flexibility index (Phi) is 5.92. The van der Waals surface area contributed by atoms with Crippen LogP contribution in [-0.4, -0.2) is 26.2 Å². The van der Waals surface area contributed by atoms with Crippen LogP contribution in [0.15, 0.2) is 53.4 Å². The number of halogens is 1. The summed E-state index contributed by atoms with van der Waals surface area (Å²) in [7, 11) is -1.96. The predicted molar refractivity (Wildman–Crippen MR) is 109 cm³/mol. The molecule has 0 saturated carbocycles. The lowest BCUT2D eigenvalue weighted by atomic mass is 10.0. The summed E-state index contributed by atoms with van der Waals surface area (Å²) in [5.74, 6) is 0.547. The summed E-state index contributed by atoms with van der Waals surface area (Å²) in [5.41, 5.74) is 1.71. The van der Waals surface area contributed by atoms with Crippen molar-refractivity contribution in [3.63, 3.8) is 0 Å². The Bertz CT molecular complexity index is 855. The highest BCUT2D eigenvalue weighted by atomic mass is 79.9. The fraction of sp³-hybridized carbons (Fsp3) is 0.400. The minimum absolute atomic E-state index is 0.00134. The lowest BCUT2D eigenvalue weighted by Gasteiger charge is -2.28. The molecule has 2 unspecified atom stereocenters. The third-order valence-electron chi connectivity index (χ3n) is 4.84. The Balaban J connectivity index is 2.17. The number of fused-ring (bicyclic) bond motifs is 1. The van der Waals surface area contributed by atoms with Crippen molar-refractivity contribution in [1.82, 2.24) is 0 Å². The van der Waals surface area contributed by atoms with Crippen molar-refractivity contribution >= 4 is 37.1 Å². The fourth-order valence-electron chi connectivity index (χ4n) is 3.40. The van der Waals surface area contributed by atoms with Crippen molar-refractivity contribution in [2.45, 2.75) is 35.2 Å². The quantitative estimate of drug-likeness (QED) is 0.606. The summed E-state index contributed by atoms with van der Waals surface area (Å²) in [6.07, 6.45) is 2.91. The number of rotatable bonds is 5. The van der Waals surface area contributed by atoms with Crippen LogP contribution in [0.3, 0.4) is 0 Å². The van der Waals surface area contributed by atoms with Gasteiger partial charge in [0.15, 0.2) is 9.84 Å². The molecule has 2 aromatic rings. The van der Waals surface area contributed by atoms with Crippen LogP contribution in [0, 0.1) is 5.92 Å². The average molecular weight is 438 g/mol. The maximum absolute atomic E-state index is 13.3. The van der Waals surface area contributed by atoms with Crippen LogP contribution in [0.2, 0.25) is 0 Å². The molecule has 6 heteroatoms. The molecule has 140 valence electrons. The van der Waals surface area contributed by atoms with Gasteiger partial charge in [-0.05, 0) is 30.7 Å². The highest BCUT2D eigenvalue weighted by molar-refractivity contribution is 9.11. The number of sulfone groups is 1. The second-order valence-electron chi connectivity index (χ2n) is 6.58. The second kappa shape index (κ2) is 8.01. The molecular weight excluding hydrogens is 414 g/mol. The lowest BCUT2D eigenvalue weighted by Crippen LogP contribution is -2.30. The molecule has 1 aliphatic heterocycles. The summed E-state index contributed by atoms with van der Waals surface area (Å²) >= 11 is 3.52. The van der Waals surface area contributed by atoms with E-state index in [1.54, 1.807) is 13.2 Å². The maximum Gasteiger partial charge on any atom is 0.193 e. The normalized spacial score (nSPS) is 21.7. The zero-order valence-corrected chi connectivity index (χ0v) is 17.5. The minimum atomic E-state index is -3.52. The van der Waals surface area contributed by atoms with Gasteiger partial charge in [-0.2, -0.15) is 0 Å². The number of nitrogens with zero attached hydrogens (tertiary/aromatic N) is 1. The van der Waals surface area contributed by atoms with E-state index in [0.717, 1.165) is 24.9 Å². The number of unbranched alkanes of at least 4 members (excludes halogenated alkanes) is 1. The summed E-state index contributed by atoms with van der Waals surface area (Å²) in [6, 6.07) is 15.3. The van der Waals surface area contributed by atoms with Crippen LogP contribution in [-0.2, 0) is 9.84 Å². The van der Waals surface area contributed by atoms with E-state index < -0.39 is 14.0 Å². The maximum atomic E-state index is 13.3. The Hall–Kier alpha value is -1.53. The second-order valence-corrected chi connectivity index (χ2v) is 10.2. The van der Waals surface area contributed by atoms with Crippen molar-refractivity contribution in [3.8, 4) is 5.75 Å². The van der Waals surface area contributed by atoms with Gasteiger partial charge in [0, 0.05) is 24.2 Å². The number of hydrogen-bond acceptors (Lipinski definition) is 4. The Morgan fingerprint density at radius 2 is 1.92 bits per heavy atom. The molecule has 2 aromatic carbocycles. The molecule has 0 amide bonds. The van der Waals surface area contributed by atoms with Gasteiger partial charge in [-0.25, -0.2) is 8.42 Å². The minimum Gasteiger partial charge on any atom is -0.497 e. The SMILES string of the molecule is CCCCC1CN(c2ccccc2)c2ccc(OC)cc2S(=O)(=O)C1Br. The van der Waals surface area contributed by atoms with Gasteiger partial charge in [0.1, 0.15) is 9.91 Å². The summed E-state index contributed by atoms with van der Waals surface area (Å²) in [4.78, 5) is 2.44. The molecule has 0 saturated heterocycles. The van der Waals surface area contributed by atoms with E-state index in [0.29, 0.717) is 22.9 Å². The van der Waals surface area contributed by atoms with Crippen LogP contribution in [0.25, 0.3) is 0 Å². The molecule has 0 spiro atoms. The Morgan fingerprint density at radius 1 is 1.19 bits per heavy atom. The van der Waals surface area contributed by atoms with Gasteiger partial charge in [-0.3, -0.25) is 0 Å². The smallest absolute Gasteiger partial charge is 0.193 e. The fourth-order valence-corrected chi connectivity index (χ4v) is 6.16. The first kappa shape index (κ1) is 19.2. The molecule has 26 heavy (non-hydrogen) atoms. The van der Waals surface area contributed by atoms with Crippen molar-refractivity contribution < 1.29 is 13.2 Å². The molecule has 0 aliphatic carbocycles. The molecule has 2 atom stereocenters. The van der Waals surface area contributed by atoms with E-state index in [-0.39, 0.29) is 5.92 Å². The van der Waals surface area contributed by atoms with Crippen molar-refractivity contribution in [2.75, 3.05) is 18.6 Å². The molecule has 0 radical (unpaired) electrons. The molecule has 3 rings (SSSR count). The predicted octanol–water partition coefficient (Wildman–Crippen LogP) is 5.15. The molecule has 0 bridgehead atoms. The van der Waals surface area contributed by atoms with E-state index in [9.17, 15) is 8.42 Å². The number of anilines is 2. The van der Waals surface area contributed by atoms with E-state index in [4.69, 9.17) is 4.74 Å². The molecule has 0 fully saturated rings. The Labute approximate surface area is 164 Å². The summed E-state index contributed by atoms with van der Waals surface area (Å²) < 4.78 is 31.3.